The Hall–Kier alpha value is -6.10. The van der Waals surface area contributed by atoms with Crippen LogP contribution in [0.4, 0.5) is 0 Å². The number of benzene rings is 6. The summed E-state index contributed by atoms with van der Waals surface area (Å²) < 4.78 is 4.88. The first-order valence-electron chi connectivity index (χ1n) is 16.2. The Balaban J connectivity index is 1.35. The fourth-order valence-corrected chi connectivity index (χ4v) is 8.85. The molecule has 0 aliphatic heterocycles. The van der Waals surface area contributed by atoms with Crippen molar-refractivity contribution in [3.63, 3.8) is 0 Å². The highest BCUT2D eigenvalue weighted by molar-refractivity contribution is 7.26. The third-order valence-electron chi connectivity index (χ3n) is 9.94. The molecule has 0 spiro atoms. The van der Waals surface area contributed by atoms with Crippen LogP contribution >= 0.6 is 11.3 Å². The van der Waals surface area contributed by atoms with E-state index >= 15 is 0 Å². The second-order valence-electron chi connectivity index (χ2n) is 12.6. The number of nitrogens with zero attached hydrogens (tertiary/aromatic N) is 3. The summed E-state index contributed by atoms with van der Waals surface area (Å²) in [5.74, 6) is 0. The van der Waals surface area contributed by atoms with Crippen molar-refractivity contribution >= 4 is 108 Å². The molecule has 0 amide bonds. The van der Waals surface area contributed by atoms with E-state index in [0.29, 0.717) is 0 Å². The van der Waals surface area contributed by atoms with Gasteiger partial charge in [-0.25, -0.2) is 4.98 Å². The van der Waals surface area contributed by atoms with Crippen LogP contribution in [0.1, 0.15) is 0 Å². The van der Waals surface area contributed by atoms with Crippen molar-refractivity contribution < 1.29 is 0 Å². The molecule has 11 aromatic rings. The lowest BCUT2D eigenvalue weighted by molar-refractivity contribution is 1.16. The first kappa shape index (κ1) is 26.0. The third-order valence-corrected chi connectivity index (χ3v) is 11.1. The molecule has 11 rings (SSSR count). The number of rotatable bonds is 1. The molecule has 0 unspecified atom stereocenters. The van der Waals surface area contributed by atoms with E-state index in [4.69, 9.17) is 9.97 Å². The van der Waals surface area contributed by atoms with E-state index in [0.717, 1.165) is 54.8 Å². The summed E-state index contributed by atoms with van der Waals surface area (Å²) in [4.78, 5) is 10.7. The highest BCUT2D eigenvalue weighted by Gasteiger charge is 2.15. The maximum absolute atomic E-state index is 5.53. The van der Waals surface area contributed by atoms with Crippen molar-refractivity contribution in [1.82, 2.24) is 14.5 Å². The van der Waals surface area contributed by atoms with E-state index in [9.17, 15) is 0 Å². The molecule has 0 aliphatic carbocycles. The van der Waals surface area contributed by atoms with Crippen molar-refractivity contribution in [3.05, 3.63) is 152 Å². The lowest BCUT2D eigenvalue weighted by Crippen LogP contribution is -1.96. The number of fused-ring (bicyclic) bond motifs is 16. The van der Waals surface area contributed by atoms with Crippen LogP contribution in [0.3, 0.4) is 0 Å². The van der Waals surface area contributed by atoms with Gasteiger partial charge < -0.3 is 4.57 Å². The van der Waals surface area contributed by atoms with E-state index in [-0.39, 0.29) is 0 Å². The zero-order chi connectivity index (χ0) is 31.3. The maximum atomic E-state index is 5.53. The Morgan fingerprint density at radius 2 is 1.08 bits per heavy atom. The minimum Gasteiger partial charge on any atom is -0.308 e. The van der Waals surface area contributed by atoms with Gasteiger partial charge in [0.05, 0.1) is 39.5 Å². The number of aromatic nitrogens is 3. The van der Waals surface area contributed by atoms with Gasteiger partial charge in [0.15, 0.2) is 0 Å². The highest BCUT2D eigenvalue weighted by Crippen LogP contribution is 2.40. The summed E-state index contributed by atoms with van der Waals surface area (Å²) in [5, 5.41) is 13.0. The average molecular weight is 628 g/mol. The van der Waals surface area contributed by atoms with Gasteiger partial charge in [0, 0.05) is 47.1 Å². The van der Waals surface area contributed by atoms with Gasteiger partial charge in [-0.05, 0) is 76.1 Å². The summed E-state index contributed by atoms with van der Waals surface area (Å²) in [6.07, 6.45) is 2.02. The molecule has 0 aliphatic rings. The smallest absolute Gasteiger partial charge is 0.0804 e. The minimum absolute atomic E-state index is 0.927. The molecule has 6 aromatic carbocycles. The van der Waals surface area contributed by atoms with Crippen LogP contribution in [0.15, 0.2) is 152 Å². The normalized spacial score (nSPS) is 12.2. The lowest BCUT2D eigenvalue weighted by Gasteiger charge is -2.10. The fraction of sp³-hybridized carbons (Fsp3) is 0. The summed E-state index contributed by atoms with van der Waals surface area (Å²) in [6.45, 7) is 0. The van der Waals surface area contributed by atoms with Crippen molar-refractivity contribution in [3.8, 4) is 5.69 Å². The number of para-hydroxylation sites is 2. The van der Waals surface area contributed by atoms with Crippen molar-refractivity contribution in [2.75, 3.05) is 0 Å². The zero-order valence-electron chi connectivity index (χ0n) is 25.7. The Morgan fingerprint density at radius 1 is 0.438 bits per heavy atom. The molecule has 0 saturated carbocycles. The first-order valence-corrected chi connectivity index (χ1v) is 17.0. The van der Waals surface area contributed by atoms with Gasteiger partial charge >= 0.3 is 0 Å². The van der Waals surface area contributed by atoms with Gasteiger partial charge in [-0.2, -0.15) is 0 Å². The van der Waals surface area contributed by atoms with E-state index in [1.165, 1.54) is 47.1 Å². The molecule has 3 nitrogen and oxygen atoms in total. The minimum atomic E-state index is 0.927. The van der Waals surface area contributed by atoms with Gasteiger partial charge in [-0.1, -0.05) is 91.0 Å². The van der Waals surface area contributed by atoms with Gasteiger partial charge in [0.1, 0.15) is 0 Å². The van der Waals surface area contributed by atoms with E-state index < -0.39 is 0 Å². The monoisotopic (exact) mass is 627 g/mol. The van der Waals surface area contributed by atoms with Gasteiger partial charge in [0.2, 0.25) is 0 Å². The lowest BCUT2D eigenvalue weighted by atomic mass is 10.0. The SMILES string of the molecule is c1cc2cc(c1)c1ccc3sc4cccc(c5cc6ncc(-n7c8ccccc8c8ccccc87)cc6c(n5)c5cccc2c5)c4c3c1. The van der Waals surface area contributed by atoms with E-state index in [2.05, 4.69) is 150 Å². The Kier molecular flexibility index (Phi) is 5.26. The summed E-state index contributed by atoms with van der Waals surface area (Å²) >= 11 is 1.84. The molecule has 48 heavy (non-hydrogen) atoms. The predicted molar refractivity (Wildman–Crippen MR) is 206 cm³/mol. The van der Waals surface area contributed by atoms with Gasteiger partial charge in [-0.3, -0.25) is 4.98 Å². The Bertz CT molecular complexity index is 3130. The van der Waals surface area contributed by atoms with E-state index in [1.807, 2.05) is 17.5 Å². The summed E-state index contributed by atoms with van der Waals surface area (Å²) in [6, 6.07) is 52.9. The van der Waals surface area contributed by atoms with Crippen LogP contribution in [-0.4, -0.2) is 14.5 Å². The molecule has 222 valence electrons. The highest BCUT2D eigenvalue weighted by atomic mass is 32.1. The number of pyridine rings is 2. The summed E-state index contributed by atoms with van der Waals surface area (Å²) in [5.41, 5.74) is 6.15. The van der Waals surface area contributed by atoms with Crippen molar-refractivity contribution in [2.24, 2.45) is 0 Å². The zero-order valence-corrected chi connectivity index (χ0v) is 26.5. The molecule has 5 aromatic heterocycles. The molecule has 4 heteroatoms. The standard InChI is InChI=1S/C44H25N3S/c1-3-15-39-32(12-1)33-13-2-4-16-40(33)47(39)31-23-35-37(45-25-31)24-38-34-14-7-17-42-43(34)36-22-29(18-19-41(36)48-42)27-9-5-8-26(20-27)28-10-6-11-30(21-28)44(35)46-38/h1-25H. The first-order chi connectivity index (χ1) is 23.8. The second kappa shape index (κ2) is 9.71. The molecule has 5 heterocycles. The molecule has 0 N–H and O–H groups in total. The average Bonchev–Trinajstić information content (AvgIpc) is 3.69. The van der Waals surface area contributed by atoms with Crippen LogP contribution in [0.2, 0.25) is 0 Å². The van der Waals surface area contributed by atoms with Crippen molar-refractivity contribution in [2.45, 2.75) is 0 Å². The molecule has 0 saturated heterocycles. The number of hydrogen-bond acceptors (Lipinski definition) is 3. The van der Waals surface area contributed by atoms with Crippen LogP contribution in [0, 0.1) is 0 Å². The Labute approximate surface area is 278 Å². The molecule has 0 radical (unpaired) electrons. The van der Waals surface area contributed by atoms with Gasteiger partial charge in [-0.15, -0.1) is 11.3 Å². The van der Waals surface area contributed by atoms with Crippen LogP contribution in [-0.2, 0) is 0 Å². The molecule has 8 bridgehead atoms. The van der Waals surface area contributed by atoms with Crippen molar-refractivity contribution in [1.29, 1.82) is 0 Å². The maximum Gasteiger partial charge on any atom is 0.0804 e. The second-order valence-corrected chi connectivity index (χ2v) is 13.7. The number of thiophene rings is 1. The van der Waals surface area contributed by atoms with Crippen LogP contribution in [0.5, 0.6) is 0 Å². The van der Waals surface area contributed by atoms with E-state index in [1.54, 1.807) is 0 Å². The Morgan fingerprint density at radius 3 is 1.85 bits per heavy atom. The molecule has 0 atom stereocenters. The van der Waals surface area contributed by atoms with Gasteiger partial charge in [0.25, 0.3) is 0 Å². The third kappa shape index (κ3) is 3.69. The fourth-order valence-electron chi connectivity index (χ4n) is 7.74. The quantitative estimate of drug-likeness (QED) is 0.181. The molecular formula is C44H25N3S. The topological polar surface area (TPSA) is 30.7 Å². The molecular weight excluding hydrogens is 603 g/mol. The predicted octanol–water partition coefficient (Wildman–Crippen LogP) is 12.3. The van der Waals surface area contributed by atoms with Crippen LogP contribution in [0.25, 0.3) is 102 Å². The van der Waals surface area contributed by atoms with Crippen LogP contribution < -0.4 is 0 Å². The summed E-state index contributed by atoms with van der Waals surface area (Å²) in [7, 11) is 0. The molecule has 0 fully saturated rings. The largest absolute Gasteiger partial charge is 0.308 e. The number of hydrogen-bond donors (Lipinski definition) is 0.